The van der Waals surface area contributed by atoms with Crippen molar-refractivity contribution in [3.8, 4) is 0 Å². The highest BCUT2D eigenvalue weighted by molar-refractivity contribution is 6.23. The molecule has 13 heavy (non-hydrogen) atoms. The Bertz CT molecular complexity index is 447. The fraction of sp³-hybridized carbons (Fsp3) is 0.111. The van der Waals surface area contributed by atoms with E-state index in [0.29, 0.717) is 5.88 Å². The summed E-state index contributed by atoms with van der Waals surface area (Å²) < 4.78 is 1.91. The third-order valence-electron chi connectivity index (χ3n) is 1.84. The molecule has 2 aromatic rings. The van der Waals surface area contributed by atoms with E-state index in [1.807, 2.05) is 10.6 Å². The van der Waals surface area contributed by atoms with Gasteiger partial charge in [0, 0.05) is 18.3 Å². The molecule has 4 heteroatoms. The Balaban J connectivity index is 2.64. The minimum atomic E-state index is 0.413. The van der Waals surface area contributed by atoms with Crippen molar-refractivity contribution >= 4 is 22.8 Å². The van der Waals surface area contributed by atoms with Gasteiger partial charge in [0.2, 0.25) is 0 Å². The maximum Gasteiger partial charge on any atom is 0.155 e. The number of imidazole rings is 1. The molecular formula is C9H8ClN3. The maximum atomic E-state index is 5.69. The minimum Gasteiger partial charge on any atom is -0.297 e. The molecule has 2 heterocycles. The van der Waals surface area contributed by atoms with Gasteiger partial charge in [0.15, 0.2) is 5.65 Å². The quantitative estimate of drug-likeness (QED) is 0.683. The predicted octanol–water partition coefficient (Wildman–Crippen LogP) is 1.98. The van der Waals surface area contributed by atoms with Gasteiger partial charge in [0.1, 0.15) is 0 Å². The van der Waals surface area contributed by atoms with Crippen molar-refractivity contribution in [1.82, 2.24) is 14.4 Å². The molecule has 0 amide bonds. The molecule has 0 saturated heterocycles. The molecule has 0 atom stereocenters. The average molecular weight is 194 g/mol. The molecule has 0 aliphatic heterocycles. The molecule has 66 valence electrons. The van der Waals surface area contributed by atoms with Gasteiger partial charge in [0.05, 0.1) is 18.1 Å². The van der Waals surface area contributed by atoms with Crippen molar-refractivity contribution in [1.29, 1.82) is 0 Å². The van der Waals surface area contributed by atoms with Crippen molar-refractivity contribution in [2.45, 2.75) is 0 Å². The lowest BCUT2D eigenvalue weighted by Gasteiger charge is -1.99. The summed E-state index contributed by atoms with van der Waals surface area (Å²) in [4.78, 5) is 8.13. The zero-order chi connectivity index (χ0) is 9.26. The maximum absolute atomic E-state index is 5.69. The highest BCUT2D eigenvalue weighted by atomic mass is 35.5. The Hall–Kier alpha value is -1.35. The van der Waals surface area contributed by atoms with Crippen molar-refractivity contribution in [3.05, 3.63) is 37.1 Å². The lowest BCUT2D eigenvalue weighted by Crippen LogP contribution is -1.92. The van der Waals surface area contributed by atoms with Gasteiger partial charge in [-0.05, 0) is 5.57 Å². The Morgan fingerprint density at radius 1 is 1.54 bits per heavy atom. The predicted molar refractivity (Wildman–Crippen MR) is 52.7 cm³/mol. The Morgan fingerprint density at radius 3 is 3.15 bits per heavy atom. The number of nitrogens with zero attached hydrogens (tertiary/aromatic N) is 3. The normalized spacial score (nSPS) is 10.5. The first-order valence-corrected chi connectivity index (χ1v) is 4.37. The number of hydrogen-bond acceptors (Lipinski definition) is 2. The zero-order valence-electron chi connectivity index (χ0n) is 6.94. The van der Waals surface area contributed by atoms with Gasteiger partial charge < -0.3 is 0 Å². The van der Waals surface area contributed by atoms with Crippen LogP contribution in [0.4, 0.5) is 0 Å². The molecule has 0 unspecified atom stereocenters. The van der Waals surface area contributed by atoms with Crippen LogP contribution in [0.5, 0.6) is 0 Å². The molecule has 0 fully saturated rings. The Labute approximate surface area is 80.7 Å². The molecule has 2 rings (SSSR count). The van der Waals surface area contributed by atoms with Crippen LogP contribution in [0.2, 0.25) is 0 Å². The highest BCUT2D eigenvalue weighted by Gasteiger charge is 2.04. The summed E-state index contributed by atoms with van der Waals surface area (Å²) in [6, 6.07) is 0. The number of halogens is 1. The molecule has 0 saturated carbocycles. The molecule has 2 aromatic heterocycles. The van der Waals surface area contributed by atoms with E-state index in [2.05, 4.69) is 16.5 Å². The minimum absolute atomic E-state index is 0.413. The fourth-order valence-electron chi connectivity index (χ4n) is 1.17. The lowest BCUT2D eigenvalue weighted by atomic mass is 10.3. The molecule has 0 N–H and O–H groups in total. The van der Waals surface area contributed by atoms with Crippen LogP contribution >= 0.6 is 11.6 Å². The monoisotopic (exact) mass is 193 g/mol. The van der Waals surface area contributed by atoms with E-state index in [9.17, 15) is 0 Å². The van der Waals surface area contributed by atoms with Crippen LogP contribution in [0, 0.1) is 0 Å². The zero-order valence-corrected chi connectivity index (χ0v) is 7.70. The van der Waals surface area contributed by atoms with E-state index >= 15 is 0 Å². The fourth-order valence-corrected chi connectivity index (χ4v) is 1.31. The Morgan fingerprint density at radius 2 is 2.38 bits per heavy atom. The smallest absolute Gasteiger partial charge is 0.155 e. The first-order chi connectivity index (χ1) is 6.33. The van der Waals surface area contributed by atoms with Gasteiger partial charge in [-0.15, -0.1) is 11.6 Å². The van der Waals surface area contributed by atoms with Crippen LogP contribution < -0.4 is 0 Å². The topological polar surface area (TPSA) is 30.2 Å². The number of alkyl halides is 1. The SMILES string of the molecule is C=C(CCl)c1cnc2cnccn12. The largest absolute Gasteiger partial charge is 0.297 e. The van der Waals surface area contributed by atoms with Gasteiger partial charge in [-0.2, -0.15) is 0 Å². The van der Waals surface area contributed by atoms with Crippen LogP contribution in [0.15, 0.2) is 31.4 Å². The third kappa shape index (κ3) is 1.31. The van der Waals surface area contributed by atoms with Gasteiger partial charge in [-0.25, -0.2) is 4.98 Å². The number of rotatable bonds is 2. The van der Waals surface area contributed by atoms with E-state index in [4.69, 9.17) is 11.6 Å². The second kappa shape index (κ2) is 3.18. The second-order valence-electron chi connectivity index (χ2n) is 2.69. The number of aromatic nitrogens is 3. The van der Waals surface area contributed by atoms with Crippen LogP contribution in [-0.4, -0.2) is 20.2 Å². The standard InChI is InChI=1S/C9H8ClN3/c1-7(4-10)8-5-12-9-6-11-2-3-13(8)9/h2-3,5-6H,1,4H2. The highest BCUT2D eigenvalue weighted by Crippen LogP contribution is 2.14. The average Bonchev–Trinajstić information content (AvgIpc) is 2.60. The first kappa shape index (κ1) is 8.26. The molecule has 3 nitrogen and oxygen atoms in total. The Kier molecular flexibility index (Phi) is 2.02. The molecule has 0 aliphatic rings. The summed E-state index contributed by atoms with van der Waals surface area (Å²) in [5.41, 5.74) is 2.61. The number of hydrogen-bond donors (Lipinski definition) is 0. The molecule has 0 spiro atoms. The second-order valence-corrected chi connectivity index (χ2v) is 2.95. The van der Waals surface area contributed by atoms with Crippen LogP contribution in [0.25, 0.3) is 11.2 Å². The van der Waals surface area contributed by atoms with E-state index in [0.717, 1.165) is 16.9 Å². The summed E-state index contributed by atoms with van der Waals surface area (Å²) in [6.07, 6.45) is 7.00. The van der Waals surface area contributed by atoms with E-state index in [-0.39, 0.29) is 0 Å². The molecular weight excluding hydrogens is 186 g/mol. The number of allylic oxidation sites excluding steroid dienone is 1. The molecule has 0 bridgehead atoms. The van der Waals surface area contributed by atoms with E-state index < -0.39 is 0 Å². The van der Waals surface area contributed by atoms with Crippen LogP contribution in [-0.2, 0) is 0 Å². The van der Waals surface area contributed by atoms with Crippen LogP contribution in [0.1, 0.15) is 5.69 Å². The van der Waals surface area contributed by atoms with Crippen molar-refractivity contribution < 1.29 is 0 Å². The third-order valence-corrected chi connectivity index (χ3v) is 2.16. The summed E-state index contributed by atoms with van der Waals surface area (Å²) in [6.45, 7) is 3.85. The van der Waals surface area contributed by atoms with Gasteiger partial charge >= 0.3 is 0 Å². The van der Waals surface area contributed by atoms with Crippen molar-refractivity contribution in [2.24, 2.45) is 0 Å². The molecule has 0 aliphatic carbocycles. The summed E-state index contributed by atoms with van der Waals surface area (Å²) >= 11 is 5.69. The summed E-state index contributed by atoms with van der Waals surface area (Å²) in [5.74, 6) is 0.413. The number of fused-ring (bicyclic) bond motifs is 1. The van der Waals surface area contributed by atoms with E-state index in [1.54, 1.807) is 18.6 Å². The molecule has 0 radical (unpaired) electrons. The first-order valence-electron chi connectivity index (χ1n) is 3.84. The lowest BCUT2D eigenvalue weighted by molar-refractivity contribution is 1.11. The van der Waals surface area contributed by atoms with Gasteiger partial charge in [-0.1, -0.05) is 6.58 Å². The molecule has 0 aromatic carbocycles. The van der Waals surface area contributed by atoms with Crippen LogP contribution in [0.3, 0.4) is 0 Å². The van der Waals surface area contributed by atoms with Gasteiger partial charge in [-0.3, -0.25) is 9.38 Å². The van der Waals surface area contributed by atoms with E-state index in [1.165, 1.54) is 0 Å². The van der Waals surface area contributed by atoms with Crippen molar-refractivity contribution in [2.75, 3.05) is 5.88 Å². The summed E-state index contributed by atoms with van der Waals surface area (Å²) in [5, 5.41) is 0. The van der Waals surface area contributed by atoms with Crippen molar-refractivity contribution in [3.63, 3.8) is 0 Å². The summed E-state index contributed by atoms with van der Waals surface area (Å²) in [7, 11) is 0. The van der Waals surface area contributed by atoms with Gasteiger partial charge in [0.25, 0.3) is 0 Å².